The summed E-state index contributed by atoms with van der Waals surface area (Å²) < 4.78 is 3.84. The quantitative estimate of drug-likeness (QED) is 0.545. The largest absolute Gasteiger partial charge is 0.315 e. The van der Waals surface area contributed by atoms with Gasteiger partial charge in [0, 0.05) is 0 Å². The van der Waals surface area contributed by atoms with E-state index in [0.29, 0.717) is 0 Å². The molecule has 5 nitrogen and oxygen atoms in total. The van der Waals surface area contributed by atoms with Crippen LogP contribution in [0.15, 0.2) is 18.3 Å². The molecule has 73 valence electrons. The Labute approximate surface area is 87.0 Å². The SMILES string of the molecule is C[B]n1ncc2c1ccc1nnc(C)n12. The average molecular weight is 198 g/mol. The van der Waals surface area contributed by atoms with E-state index in [9.17, 15) is 0 Å². The zero-order valence-electron chi connectivity index (χ0n) is 8.55. The first-order valence-corrected chi connectivity index (χ1v) is 4.78. The number of pyridine rings is 1. The van der Waals surface area contributed by atoms with Gasteiger partial charge in [0.25, 0.3) is 7.41 Å². The smallest absolute Gasteiger partial charge is 0.276 e. The average Bonchev–Trinajstić information content (AvgIpc) is 2.81. The van der Waals surface area contributed by atoms with Crippen LogP contribution in [0.5, 0.6) is 0 Å². The summed E-state index contributed by atoms with van der Waals surface area (Å²) >= 11 is 0. The van der Waals surface area contributed by atoms with E-state index in [1.54, 1.807) is 0 Å². The minimum absolute atomic E-state index is 0.857. The first-order valence-electron chi connectivity index (χ1n) is 4.78. The minimum Gasteiger partial charge on any atom is -0.315 e. The highest BCUT2D eigenvalue weighted by Gasteiger charge is 2.08. The second-order valence-corrected chi connectivity index (χ2v) is 3.39. The lowest BCUT2D eigenvalue weighted by Crippen LogP contribution is -2.02. The van der Waals surface area contributed by atoms with Gasteiger partial charge in [-0.25, -0.2) is 0 Å². The van der Waals surface area contributed by atoms with Crippen LogP contribution in [0.1, 0.15) is 5.82 Å². The molecular weight excluding hydrogens is 189 g/mol. The fourth-order valence-corrected chi connectivity index (χ4v) is 1.84. The molecule has 0 N–H and O–H groups in total. The molecule has 1 radical (unpaired) electrons. The van der Waals surface area contributed by atoms with Gasteiger partial charge in [-0.2, -0.15) is 5.10 Å². The summed E-state index contributed by atoms with van der Waals surface area (Å²) in [6, 6.07) is 3.95. The van der Waals surface area contributed by atoms with Gasteiger partial charge < -0.3 is 4.59 Å². The number of rotatable bonds is 1. The van der Waals surface area contributed by atoms with Crippen LogP contribution >= 0.6 is 0 Å². The summed E-state index contributed by atoms with van der Waals surface area (Å²) in [5, 5.41) is 12.4. The molecule has 0 aliphatic carbocycles. The molecule has 0 unspecified atom stereocenters. The maximum absolute atomic E-state index is 4.27. The van der Waals surface area contributed by atoms with Crippen molar-refractivity contribution in [1.29, 1.82) is 0 Å². The molecule has 3 aromatic rings. The van der Waals surface area contributed by atoms with Crippen LogP contribution in [0.2, 0.25) is 6.82 Å². The lowest BCUT2D eigenvalue weighted by Gasteiger charge is -1.99. The van der Waals surface area contributed by atoms with Gasteiger partial charge in [-0.3, -0.25) is 4.40 Å². The molecule has 0 aliphatic heterocycles. The van der Waals surface area contributed by atoms with Crippen molar-refractivity contribution in [2.45, 2.75) is 13.7 Å². The Bertz CT molecular complexity index is 638. The highest BCUT2D eigenvalue weighted by atomic mass is 15.3. The predicted octanol–water partition coefficient (Wildman–Crippen LogP) is 0.903. The van der Waals surface area contributed by atoms with E-state index in [4.69, 9.17) is 0 Å². The van der Waals surface area contributed by atoms with Gasteiger partial charge >= 0.3 is 0 Å². The molecule has 0 aromatic carbocycles. The normalized spacial score (nSPS) is 11.3. The van der Waals surface area contributed by atoms with Gasteiger partial charge in [0.15, 0.2) is 5.65 Å². The van der Waals surface area contributed by atoms with Crippen molar-refractivity contribution in [2.75, 3.05) is 0 Å². The lowest BCUT2D eigenvalue weighted by atomic mass is 10.0. The Kier molecular flexibility index (Phi) is 1.59. The summed E-state index contributed by atoms with van der Waals surface area (Å²) in [4.78, 5) is 0. The van der Waals surface area contributed by atoms with E-state index in [1.807, 2.05) is 48.5 Å². The van der Waals surface area contributed by atoms with Crippen molar-refractivity contribution >= 4 is 24.1 Å². The maximum Gasteiger partial charge on any atom is 0.276 e. The first kappa shape index (κ1) is 8.46. The summed E-state index contributed by atoms with van der Waals surface area (Å²) in [6.07, 6.45) is 1.83. The predicted molar refractivity (Wildman–Crippen MR) is 58.0 cm³/mol. The highest BCUT2D eigenvalue weighted by Crippen LogP contribution is 2.16. The summed E-state index contributed by atoms with van der Waals surface area (Å²) in [5.41, 5.74) is 2.96. The van der Waals surface area contributed by atoms with E-state index in [-0.39, 0.29) is 0 Å². The molecule has 0 bridgehead atoms. The van der Waals surface area contributed by atoms with Gasteiger partial charge in [-0.15, -0.1) is 10.2 Å². The molecule has 0 amide bonds. The van der Waals surface area contributed by atoms with E-state index in [2.05, 4.69) is 15.3 Å². The molecule has 3 heterocycles. The maximum atomic E-state index is 4.27. The van der Waals surface area contributed by atoms with Gasteiger partial charge in [0.1, 0.15) is 5.82 Å². The molecular formula is C9H9BN5. The van der Waals surface area contributed by atoms with Crippen molar-refractivity contribution in [2.24, 2.45) is 0 Å². The third-order valence-corrected chi connectivity index (χ3v) is 2.54. The van der Waals surface area contributed by atoms with Crippen molar-refractivity contribution in [1.82, 2.24) is 24.3 Å². The van der Waals surface area contributed by atoms with Crippen LogP contribution < -0.4 is 0 Å². The van der Waals surface area contributed by atoms with Crippen LogP contribution in [0.3, 0.4) is 0 Å². The number of hydrogen-bond donors (Lipinski definition) is 0. The van der Waals surface area contributed by atoms with Crippen molar-refractivity contribution in [3.8, 4) is 0 Å². The van der Waals surface area contributed by atoms with Gasteiger partial charge in [-0.1, -0.05) is 6.82 Å². The lowest BCUT2D eigenvalue weighted by molar-refractivity contribution is 1.01. The Hall–Kier alpha value is -1.85. The molecule has 3 rings (SSSR count). The number of aryl methyl sites for hydroxylation is 1. The second kappa shape index (κ2) is 2.82. The topological polar surface area (TPSA) is 48.0 Å². The zero-order chi connectivity index (χ0) is 10.4. The summed E-state index contributed by atoms with van der Waals surface area (Å²) in [7, 11) is 1.92. The Morgan fingerprint density at radius 2 is 2.07 bits per heavy atom. The van der Waals surface area contributed by atoms with Gasteiger partial charge in [0.05, 0.1) is 17.2 Å². The van der Waals surface area contributed by atoms with Crippen LogP contribution in [-0.2, 0) is 0 Å². The fourth-order valence-electron chi connectivity index (χ4n) is 1.84. The Morgan fingerprint density at radius 3 is 2.87 bits per heavy atom. The standard InChI is InChI=1S/C9H9BN5/c1-6-12-13-9-4-3-7-8(14(6)9)5-11-15(7)10-2/h3-5H,1-2H3. The molecule has 0 aliphatic rings. The second-order valence-electron chi connectivity index (χ2n) is 3.39. The minimum atomic E-state index is 0.857. The number of fused-ring (bicyclic) bond motifs is 3. The number of aromatic nitrogens is 5. The number of hydrogen-bond acceptors (Lipinski definition) is 3. The van der Waals surface area contributed by atoms with Gasteiger partial charge in [0.2, 0.25) is 0 Å². The molecule has 15 heavy (non-hydrogen) atoms. The van der Waals surface area contributed by atoms with Gasteiger partial charge in [-0.05, 0) is 19.1 Å². The monoisotopic (exact) mass is 198 g/mol. The Balaban J connectivity index is 2.54. The molecule has 0 saturated heterocycles. The van der Waals surface area contributed by atoms with Crippen molar-refractivity contribution in [3.05, 3.63) is 24.2 Å². The van der Waals surface area contributed by atoms with E-state index < -0.39 is 0 Å². The fraction of sp³-hybridized carbons (Fsp3) is 0.222. The van der Waals surface area contributed by atoms with Crippen LogP contribution in [0, 0.1) is 6.92 Å². The summed E-state index contributed by atoms with van der Waals surface area (Å²) in [6.45, 7) is 3.89. The highest BCUT2D eigenvalue weighted by molar-refractivity contribution is 6.33. The Morgan fingerprint density at radius 1 is 1.20 bits per heavy atom. The van der Waals surface area contributed by atoms with Crippen molar-refractivity contribution in [3.63, 3.8) is 0 Å². The van der Waals surface area contributed by atoms with Crippen LogP contribution in [-0.4, -0.2) is 31.7 Å². The molecule has 0 atom stereocenters. The number of nitrogens with zero attached hydrogens (tertiary/aromatic N) is 5. The van der Waals surface area contributed by atoms with Crippen LogP contribution in [0.25, 0.3) is 16.7 Å². The zero-order valence-corrected chi connectivity index (χ0v) is 8.55. The van der Waals surface area contributed by atoms with Crippen molar-refractivity contribution < 1.29 is 0 Å². The molecule has 0 saturated carbocycles. The molecule has 0 fully saturated rings. The molecule has 3 aromatic heterocycles. The van der Waals surface area contributed by atoms with E-state index in [1.165, 1.54) is 0 Å². The third kappa shape index (κ3) is 1.01. The third-order valence-electron chi connectivity index (χ3n) is 2.54. The molecule has 6 heteroatoms. The summed E-state index contributed by atoms with van der Waals surface area (Å²) in [5.74, 6) is 0.881. The first-order chi connectivity index (χ1) is 7.31. The van der Waals surface area contributed by atoms with Crippen LogP contribution in [0.4, 0.5) is 0 Å². The molecule has 0 spiro atoms. The van der Waals surface area contributed by atoms with E-state index >= 15 is 0 Å². The van der Waals surface area contributed by atoms with E-state index in [0.717, 1.165) is 22.5 Å².